The van der Waals surface area contributed by atoms with Crippen LogP contribution in [0.2, 0.25) is 0 Å². The Hall–Kier alpha value is -2.74. The highest BCUT2D eigenvalue weighted by Gasteiger charge is 2.21. The molecule has 8 heteroatoms. The number of rotatable bonds is 6. The van der Waals surface area contributed by atoms with Gasteiger partial charge in [-0.05, 0) is 12.5 Å². The van der Waals surface area contributed by atoms with Gasteiger partial charge in [-0.15, -0.1) is 0 Å². The van der Waals surface area contributed by atoms with E-state index in [-0.39, 0.29) is 23.8 Å². The third-order valence-electron chi connectivity index (χ3n) is 4.48. The fourth-order valence-electron chi connectivity index (χ4n) is 2.95. The molecule has 1 aliphatic heterocycles. The zero-order valence-corrected chi connectivity index (χ0v) is 15.3. The maximum absolute atomic E-state index is 12.6. The lowest BCUT2D eigenvalue weighted by Crippen LogP contribution is -2.42. The summed E-state index contributed by atoms with van der Waals surface area (Å²) in [5.41, 5.74) is -0.184. The van der Waals surface area contributed by atoms with E-state index in [9.17, 15) is 14.4 Å². The van der Waals surface area contributed by atoms with Gasteiger partial charge < -0.3 is 14.4 Å². The van der Waals surface area contributed by atoms with Gasteiger partial charge in [-0.1, -0.05) is 31.5 Å². The second-order valence-corrected chi connectivity index (χ2v) is 6.35. The summed E-state index contributed by atoms with van der Waals surface area (Å²) in [5.74, 6) is -0.978. The molecule has 3 rings (SSSR count). The van der Waals surface area contributed by atoms with Gasteiger partial charge in [0.25, 0.3) is 11.5 Å². The monoisotopic (exact) mass is 373 g/mol. The van der Waals surface area contributed by atoms with Crippen LogP contribution >= 0.6 is 0 Å². The van der Waals surface area contributed by atoms with Crippen LogP contribution in [0.15, 0.2) is 29.1 Å². The summed E-state index contributed by atoms with van der Waals surface area (Å²) in [7, 11) is 0. The van der Waals surface area contributed by atoms with Gasteiger partial charge in [-0.3, -0.25) is 9.59 Å². The van der Waals surface area contributed by atoms with Crippen molar-refractivity contribution in [3.05, 3.63) is 40.3 Å². The van der Waals surface area contributed by atoms with E-state index < -0.39 is 5.97 Å². The highest BCUT2D eigenvalue weighted by atomic mass is 16.5. The lowest BCUT2D eigenvalue weighted by molar-refractivity contribution is -0.138. The van der Waals surface area contributed by atoms with Crippen molar-refractivity contribution in [2.75, 3.05) is 32.9 Å². The summed E-state index contributed by atoms with van der Waals surface area (Å²) in [5, 5.41) is 5.05. The summed E-state index contributed by atoms with van der Waals surface area (Å²) < 4.78 is 11.7. The molecule has 0 unspecified atom stereocenters. The van der Waals surface area contributed by atoms with Gasteiger partial charge in [0, 0.05) is 25.0 Å². The Kier molecular flexibility index (Phi) is 6.18. The molecule has 0 aliphatic carbocycles. The van der Waals surface area contributed by atoms with Crippen molar-refractivity contribution in [1.82, 2.24) is 14.7 Å². The first-order valence-electron chi connectivity index (χ1n) is 9.14. The van der Waals surface area contributed by atoms with Crippen LogP contribution in [-0.4, -0.2) is 59.5 Å². The highest BCUT2D eigenvalue weighted by Crippen LogP contribution is 2.14. The Morgan fingerprint density at radius 1 is 1.19 bits per heavy atom. The molecule has 0 saturated carbocycles. The molecule has 0 N–H and O–H groups in total. The quantitative estimate of drug-likeness (QED) is 0.707. The van der Waals surface area contributed by atoms with Gasteiger partial charge in [-0.2, -0.15) is 5.10 Å². The van der Waals surface area contributed by atoms with Gasteiger partial charge >= 0.3 is 5.97 Å². The number of esters is 1. The van der Waals surface area contributed by atoms with E-state index in [0.29, 0.717) is 43.6 Å². The molecule has 1 aliphatic rings. The number of benzene rings is 1. The Morgan fingerprint density at radius 3 is 2.59 bits per heavy atom. The van der Waals surface area contributed by atoms with Gasteiger partial charge in [-0.25, -0.2) is 9.48 Å². The van der Waals surface area contributed by atoms with Crippen molar-refractivity contribution >= 4 is 22.6 Å². The largest absolute Gasteiger partial charge is 0.451 e. The molecule has 8 nitrogen and oxygen atoms in total. The predicted molar refractivity (Wildman–Crippen MR) is 98.6 cm³/mol. The maximum atomic E-state index is 12.6. The van der Waals surface area contributed by atoms with Crippen molar-refractivity contribution in [2.24, 2.45) is 0 Å². The van der Waals surface area contributed by atoms with Crippen LogP contribution < -0.4 is 5.56 Å². The molecule has 1 aromatic carbocycles. The number of unbranched alkanes of at least 4 members (excludes halogenated alkanes) is 1. The van der Waals surface area contributed by atoms with Crippen molar-refractivity contribution in [2.45, 2.75) is 26.3 Å². The number of hydrogen-bond acceptors (Lipinski definition) is 6. The van der Waals surface area contributed by atoms with Crippen LogP contribution in [0, 0.1) is 0 Å². The summed E-state index contributed by atoms with van der Waals surface area (Å²) in [6.45, 7) is 4.01. The van der Waals surface area contributed by atoms with Crippen LogP contribution in [0.5, 0.6) is 0 Å². The Morgan fingerprint density at radius 2 is 1.89 bits per heavy atom. The van der Waals surface area contributed by atoms with Crippen molar-refractivity contribution in [1.29, 1.82) is 0 Å². The molecule has 2 heterocycles. The zero-order chi connectivity index (χ0) is 19.2. The Bertz CT molecular complexity index is 887. The van der Waals surface area contributed by atoms with E-state index in [1.165, 1.54) is 4.68 Å². The minimum Gasteiger partial charge on any atom is -0.451 e. The number of hydrogen-bond donors (Lipinski definition) is 0. The van der Waals surface area contributed by atoms with Crippen LogP contribution in [-0.2, 0) is 20.8 Å². The number of aryl methyl sites for hydroxylation is 1. The number of nitrogens with zero attached hydrogens (tertiary/aromatic N) is 3. The van der Waals surface area contributed by atoms with Crippen LogP contribution in [0.4, 0.5) is 0 Å². The molecular weight excluding hydrogens is 350 g/mol. The third-order valence-corrected chi connectivity index (χ3v) is 4.48. The van der Waals surface area contributed by atoms with Gasteiger partial charge in [0.05, 0.1) is 18.6 Å². The van der Waals surface area contributed by atoms with Crippen LogP contribution in [0.25, 0.3) is 10.8 Å². The normalized spacial score (nSPS) is 14.3. The first-order chi connectivity index (χ1) is 13.1. The van der Waals surface area contributed by atoms with Gasteiger partial charge in [0.2, 0.25) is 0 Å². The second kappa shape index (κ2) is 8.77. The third kappa shape index (κ3) is 4.33. The first kappa shape index (κ1) is 19.0. The van der Waals surface area contributed by atoms with Crippen LogP contribution in [0.1, 0.15) is 30.3 Å². The number of morpholine rings is 1. The van der Waals surface area contributed by atoms with E-state index in [0.717, 1.165) is 12.8 Å². The predicted octanol–water partition coefficient (Wildman–Crippen LogP) is 1.21. The number of ether oxygens (including phenoxy) is 2. The second-order valence-electron chi connectivity index (χ2n) is 6.35. The van der Waals surface area contributed by atoms with E-state index in [1.807, 2.05) is 6.92 Å². The van der Waals surface area contributed by atoms with Crippen molar-refractivity contribution < 1.29 is 19.1 Å². The molecular formula is C19H23N3O5. The zero-order valence-electron chi connectivity index (χ0n) is 15.3. The lowest BCUT2D eigenvalue weighted by atomic mass is 10.1. The molecule has 1 saturated heterocycles. The Balaban J connectivity index is 1.81. The molecule has 2 aromatic rings. The molecule has 0 radical (unpaired) electrons. The Labute approximate surface area is 156 Å². The average Bonchev–Trinajstić information content (AvgIpc) is 2.72. The molecule has 1 fully saturated rings. The molecule has 1 amide bonds. The van der Waals surface area contributed by atoms with Crippen LogP contribution in [0.3, 0.4) is 0 Å². The standard InChI is InChI=1S/C19H23N3O5/c1-2-3-8-22-18(24)15-7-5-4-6-14(15)17(20-22)19(25)27-13-16(23)21-9-11-26-12-10-21/h4-7H,2-3,8-13H2,1H3. The van der Waals surface area contributed by atoms with E-state index >= 15 is 0 Å². The number of fused-ring (bicyclic) bond motifs is 1. The number of carbonyl (C=O) groups excluding carboxylic acids is 2. The number of carbonyl (C=O) groups is 2. The SMILES string of the molecule is CCCCn1nc(C(=O)OCC(=O)N2CCOCC2)c2ccccc2c1=O. The molecule has 0 spiro atoms. The minimum absolute atomic E-state index is 0.0519. The highest BCUT2D eigenvalue weighted by molar-refractivity contribution is 6.02. The fraction of sp³-hybridized carbons (Fsp3) is 0.474. The van der Waals surface area contributed by atoms with Crippen molar-refractivity contribution in [3.63, 3.8) is 0 Å². The van der Waals surface area contributed by atoms with E-state index in [2.05, 4.69) is 5.10 Å². The van der Waals surface area contributed by atoms with E-state index in [4.69, 9.17) is 9.47 Å². The van der Waals surface area contributed by atoms with E-state index in [1.54, 1.807) is 29.2 Å². The lowest BCUT2D eigenvalue weighted by Gasteiger charge is -2.26. The summed E-state index contributed by atoms with van der Waals surface area (Å²) in [6.07, 6.45) is 1.67. The molecule has 0 bridgehead atoms. The van der Waals surface area contributed by atoms with Gasteiger partial charge in [0.1, 0.15) is 0 Å². The smallest absolute Gasteiger partial charge is 0.359 e. The maximum Gasteiger partial charge on any atom is 0.359 e. The summed E-state index contributed by atoms with van der Waals surface area (Å²) in [4.78, 5) is 38.9. The average molecular weight is 373 g/mol. The molecule has 1 aromatic heterocycles. The molecule has 0 atom stereocenters. The number of amides is 1. The first-order valence-corrected chi connectivity index (χ1v) is 9.14. The van der Waals surface area contributed by atoms with Gasteiger partial charge in [0.15, 0.2) is 12.3 Å². The summed E-state index contributed by atoms with van der Waals surface area (Å²) >= 11 is 0. The topological polar surface area (TPSA) is 90.7 Å². The summed E-state index contributed by atoms with van der Waals surface area (Å²) in [6, 6.07) is 6.80. The molecule has 144 valence electrons. The molecule has 27 heavy (non-hydrogen) atoms. The minimum atomic E-state index is -0.710. The fourth-order valence-corrected chi connectivity index (χ4v) is 2.95. The van der Waals surface area contributed by atoms with Crippen molar-refractivity contribution in [3.8, 4) is 0 Å². The number of aromatic nitrogens is 2.